The maximum atomic E-state index is 6.05. The fraction of sp³-hybridized carbons (Fsp3) is 0.438. The van der Waals surface area contributed by atoms with Crippen molar-refractivity contribution in [2.75, 3.05) is 0 Å². The normalized spacial score (nSPS) is 16.1. The lowest BCUT2D eigenvalue weighted by Gasteiger charge is -2.15. The summed E-state index contributed by atoms with van der Waals surface area (Å²) in [6.07, 6.45) is 7.75. The Morgan fingerprint density at radius 3 is 2.68 bits per heavy atom. The van der Waals surface area contributed by atoms with E-state index in [1.54, 1.807) is 0 Å². The molecule has 100 valence electrons. The topological polar surface area (TPSA) is 43.8 Å². The number of aromatic nitrogens is 2. The number of fused-ring (bicyclic) bond motifs is 1. The Morgan fingerprint density at radius 1 is 1.21 bits per heavy atom. The molecule has 3 nitrogen and oxygen atoms in total. The number of hydrogen-bond donors (Lipinski definition) is 1. The molecule has 0 radical (unpaired) electrons. The summed E-state index contributed by atoms with van der Waals surface area (Å²) < 4.78 is 2.23. The number of hydrogen-bond acceptors (Lipinski definition) is 2. The smallest absolute Gasteiger partial charge is 0.0997 e. The largest absolute Gasteiger partial charge is 0.324 e. The van der Waals surface area contributed by atoms with Gasteiger partial charge in [0.15, 0.2) is 0 Å². The van der Waals surface area contributed by atoms with E-state index in [1.807, 2.05) is 6.33 Å². The molecule has 0 fully saturated rings. The molecule has 1 aliphatic rings. The van der Waals surface area contributed by atoms with Gasteiger partial charge in [0, 0.05) is 17.4 Å². The van der Waals surface area contributed by atoms with E-state index in [9.17, 15) is 0 Å². The van der Waals surface area contributed by atoms with Gasteiger partial charge in [-0.05, 0) is 49.8 Å². The Labute approximate surface area is 114 Å². The predicted molar refractivity (Wildman–Crippen MR) is 77.4 cm³/mol. The van der Waals surface area contributed by atoms with Crippen molar-refractivity contribution in [3.8, 4) is 5.69 Å². The van der Waals surface area contributed by atoms with Gasteiger partial charge in [-0.25, -0.2) is 4.98 Å². The Hall–Kier alpha value is -1.61. The fourth-order valence-corrected chi connectivity index (χ4v) is 2.81. The van der Waals surface area contributed by atoms with Gasteiger partial charge in [-0.3, -0.25) is 0 Å². The third kappa shape index (κ3) is 2.30. The highest BCUT2D eigenvalue weighted by molar-refractivity contribution is 5.39. The quantitative estimate of drug-likeness (QED) is 0.915. The van der Waals surface area contributed by atoms with Crippen molar-refractivity contribution < 1.29 is 0 Å². The van der Waals surface area contributed by atoms with Crippen LogP contribution in [-0.4, -0.2) is 9.55 Å². The van der Waals surface area contributed by atoms with Crippen LogP contribution in [0.1, 0.15) is 49.2 Å². The standard InChI is InChI=1S/C16H21N3/c1-2-14(17)12-7-9-13(10-8-12)19-11-18-15-5-3-4-6-16(15)19/h7-11,14H,2-6,17H2,1H3/t14-/m1/s1. The van der Waals surface area contributed by atoms with Crippen LogP contribution >= 0.6 is 0 Å². The molecule has 1 atom stereocenters. The van der Waals surface area contributed by atoms with Crippen molar-refractivity contribution in [1.82, 2.24) is 9.55 Å². The SMILES string of the molecule is CC[C@@H](N)c1ccc(-n2cnc3c2CCCC3)cc1. The van der Waals surface area contributed by atoms with Crippen LogP contribution in [0.4, 0.5) is 0 Å². The van der Waals surface area contributed by atoms with Crippen LogP contribution in [0.5, 0.6) is 0 Å². The summed E-state index contributed by atoms with van der Waals surface area (Å²) in [5, 5.41) is 0. The van der Waals surface area contributed by atoms with Gasteiger partial charge < -0.3 is 10.3 Å². The molecule has 0 unspecified atom stereocenters. The summed E-state index contributed by atoms with van der Waals surface area (Å²) in [5.41, 5.74) is 11.1. The van der Waals surface area contributed by atoms with Crippen LogP contribution < -0.4 is 5.73 Å². The molecular formula is C16H21N3. The van der Waals surface area contributed by atoms with Crippen molar-refractivity contribution >= 4 is 0 Å². The third-order valence-electron chi connectivity index (χ3n) is 4.07. The highest BCUT2D eigenvalue weighted by Crippen LogP contribution is 2.24. The van der Waals surface area contributed by atoms with Crippen molar-refractivity contribution in [3.63, 3.8) is 0 Å². The van der Waals surface area contributed by atoms with E-state index in [4.69, 9.17) is 5.73 Å². The van der Waals surface area contributed by atoms with Gasteiger partial charge in [-0.1, -0.05) is 19.1 Å². The van der Waals surface area contributed by atoms with Crippen LogP contribution in [0, 0.1) is 0 Å². The van der Waals surface area contributed by atoms with Crippen LogP contribution in [0.3, 0.4) is 0 Å². The van der Waals surface area contributed by atoms with E-state index in [1.165, 1.54) is 35.5 Å². The number of aryl methyl sites for hydroxylation is 1. The van der Waals surface area contributed by atoms with E-state index in [0.717, 1.165) is 19.3 Å². The predicted octanol–water partition coefficient (Wildman–Crippen LogP) is 3.16. The molecule has 0 saturated carbocycles. The maximum Gasteiger partial charge on any atom is 0.0997 e. The lowest BCUT2D eigenvalue weighted by Crippen LogP contribution is -2.09. The van der Waals surface area contributed by atoms with Crippen LogP contribution in [0.25, 0.3) is 5.69 Å². The number of nitrogens with zero attached hydrogens (tertiary/aromatic N) is 2. The molecule has 0 amide bonds. The zero-order valence-corrected chi connectivity index (χ0v) is 11.5. The first-order chi connectivity index (χ1) is 9.29. The summed E-state index contributed by atoms with van der Waals surface area (Å²) in [5.74, 6) is 0. The average molecular weight is 255 g/mol. The van der Waals surface area contributed by atoms with E-state index >= 15 is 0 Å². The minimum atomic E-state index is 0.144. The molecule has 3 heteroatoms. The molecule has 1 heterocycles. The molecule has 0 aliphatic heterocycles. The Balaban J connectivity index is 1.92. The van der Waals surface area contributed by atoms with Crippen molar-refractivity contribution in [1.29, 1.82) is 0 Å². The summed E-state index contributed by atoms with van der Waals surface area (Å²) in [4.78, 5) is 4.55. The first-order valence-electron chi connectivity index (χ1n) is 7.20. The Bertz CT molecular complexity index is 554. The molecule has 2 N–H and O–H groups in total. The molecule has 0 bridgehead atoms. The first-order valence-corrected chi connectivity index (χ1v) is 7.20. The van der Waals surface area contributed by atoms with Gasteiger partial charge in [-0.15, -0.1) is 0 Å². The first kappa shape index (κ1) is 12.4. The zero-order valence-electron chi connectivity index (χ0n) is 11.5. The maximum absolute atomic E-state index is 6.05. The minimum absolute atomic E-state index is 0.144. The second-order valence-corrected chi connectivity index (χ2v) is 5.32. The van der Waals surface area contributed by atoms with E-state index in [-0.39, 0.29) is 6.04 Å². The van der Waals surface area contributed by atoms with Crippen LogP contribution in [0.2, 0.25) is 0 Å². The molecule has 1 aliphatic carbocycles. The number of nitrogens with two attached hydrogens (primary N) is 1. The van der Waals surface area contributed by atoms with Gasteiger partial charge in [0.2, 0.25) is 0 Å². The van der Waals surface area contributed by atoms with Crippen molar-refractivity contribution in [3.05, 3.63) is 47.5 Å². The summed E-state index contributed by atoms with van der Waals surface area (Å²) >= 11 is 0. The van der Waals surface area contributed by atoms with E-state index in [0.29, 0.717) is 0 Å². The third-order valence-corrected chi connectivity index (χ3v) is 4.07. The molecule has 1 aromatic heterocycles. The van der Waals surface area contributed by atoms with Gasteiger partial charge in [0.1, 0.15) is 0 Å². The van der Waals surface area contributed by atoms with E-state index < -0.39 is 0 Å². The zero-order chi connectivity index (χ0) is 13.2. The molecule has 0 spiro atoms. The minimum Gasteiger partial charge on any atom is -0.324 e. The van der Waals surface area contributed by atoms with Crippen molar-refractivity contribution in [2.24, 2.45) is 5.73 Å². The highest BCUT2D eigenvalue weighted by atomic mass is 15.1. The molecule has 19 heavy (non-hydrogen) atoms. The molecule has 0 saturated heterocycles. The van der Waals surface area contributed by atoms with Gasteiger partial charge in [-0.2, -0.15) is 0 Å². The second-order valence-electron chi connectivity index (χ2n) is 5.32. The Kier molecular flexibility index (Phi) is 3.38. The van der Waals surface area contributed by atoms with Crippen LogP contribution in [-0.2, 0) is 12.8 Å². The Morgan fingerprint density at radius 2 is 1.95 bits per heavy atom. The molecule has 2 aromatic rings. The number of imidazole rings is 1. The highest BCUT2D eigenvalue weighted by Gasteiger charge is 2.16. The lowest BCUT2D eigenvalue weighted by atomic mass is 10.0. The number of benzene rings is 1. The average Bonchev–Trinajstić information content (AvgIpc) is 2.90. The summed E-state index contributed by atoms with van der Waals surface area (Å²) in [6.45, 7) is 2.12. The lowest BCUT2D eigenvalue weighted by molar-refractivity contribution is 0.655. The van der Waals surface area contributed by atoms with Gasteiger partial charge >= 0.3 is 0 Å². The van der Waals surface area contributed by atoms with Gasteiger partial charge in [0.25, 0.3) is 0 Å². The molecular weight excluding hydrogens is 234 g/mol. The molecule has 3 rings (SSSR count). The summed E-state index contributed by atoms with van der Waals surface area (Å²) in [7, 11) is 0. The van der Waals surface area contributed by atoms with Crippen molar-refractivity contribution in [2.45, 2.75) is 45.1 Å². The van der Waals surface area contributed by atoms with E-state index in [2.05, 4.69) is 40.7 Å². The van der Waals surface area contributed by atoms with Gasteiger partial charge in [0.05, 0.1) is 12.0 Å². The summed E-state index contributed by atoms with van der Waals surface area (Å²) in [6, 6.07) is 8.73. The number of rotatable bonds is 3. The van der Waals surface area contributed by atoms with Crippen LogP contribution in [0.15, 0.2) is 30.6 Å². The fourth-order valence-electron chi connectivity index (χ4n) is 2.81. The molecule has 1 aromatic carbocycles. The second kappa shape index (κ2) is 5.17. The monoisotopic (exact) mass is 255 g/mol.